The first kappa shape index (κ1) is 16.4. The molecular weight excluding hydrogens is 326 g/mol. The fourth-order valence-corrected chi connectivity index (χ4v) is 2.73. The number of ether oxygens (including phenoxy) is 2. The molecule has 2 heterocycles. The topological polar surface area (TPSA) is 192 Å². The lowest BCUT2D eigenvalue weighted by atomic mass is 10.1. The Morgan fingerprint density at radius 3 is 2.15 bits per heavy atom. The highest BCUT2D eigenvalue weighted by atomic mass is 31.2. The Labute approximate surface area is 111 Å². The molecule has 6 N–H and O–H groups in total. The minimum Gasteiger partial charge on any atom is -0.384 e. The normalized spacial score (nSPS) is 41.3. The largest absolute Gasteiger partial charge is 0.472 e. The highest BCUT2D eigenvalue weighted by molar-refractivity contribution is 7.46. The first-order valence-electron chi connectivity index (χ1n) is 5.10. The van der Waals surface area contributed by atoms with Gasteiger partial charge in [-0.15, -0.1) is 0 Å². The van der Waals surface area contributed by atoms with Gasteiger partial charge < -0.3 is 39.3 Å². The summed E-state index contributed by atoms with van der Waals surface area (Å²) in [6, 6.07) is 0. The molecule has 0 radical (unpaired) electrons. The van der Waals surface area contributed by atoms with Gasteiger partial charge in [-0.1, -0.05) is 0 Å². The molecule has 118 valence electrons. The van der Waals surface area contributed by atoms with Crippen LogP contribution in [0.4, 0.5) is 0 Å². The molecule has 0 aromatic carbocycles. The average molecular weight is 338 g/mol. The molecule has 2 bridgehead atoms. The molecule has 0 aromatic rings. The number of phosphoric ester groups is 2. The van der Waals surface area contributed by atoms with Crippen LogP contribution in [-0.2, 0) is 27.7 Å². The van der Waals surface area contributed by atoms with Crippen LogP contribution in [0.1, 0.15) is 0 Å². The number of hydrogen-bond donors (Lipinski definition) is 6. The monoisotopic (exact) mass is 338 g/mol. The van der Waals surface area contributed by atoms with Crippen molar-refractivity contribution in [2.24, 2.45) is 0 Å². The van der Waals surface area contributed by atoms with Crippen molar-refractivity contribution in [2.75, 3.05) is 6.61 Å². The van der Waals surface area contributed by atoms with Gasteiger partial charge in [-0.3, -0.25) is 9.05 Å². The van der Waals surface area contributed by atoms with Gasteiger partial charge in [0, 0.05) is 0 Å². The number of hydrogen-bond acceptors (Lipinski definition) is 8. The Morgan fingerprint density at radius 1 is 1.15 bits per heavy atom. The van der Waals surface area contributed by atoms with Crippen LogP contribution < -0.4 is 0 Å². The van der Waals surface area contributed by atoms with Gasteiger partial charge in [0.05, 0.1) is 6.61 Å². The minimum absolute atomic E-state index is 0.711. The molecule has 2 saturated heterocycles. The third-order valence-electron chi connectivity index (χ3n) is 2.70. The Hall–Kier alpha value is 0.0600. The molecule has 14 heteroatoms. The summed E-state index contributed by atoms with van der Waals surface area (Å²) in [5.74, 6) is -2.57. The highest BCUT2D eigenvalue weighted by Gasteiger charge is 2.68. The van der Waals surface area contributed by atoms with E-state index in [1.54, 1.807) is 0 Å². The van der Waals surface area contributed by atoms with Crippen LogP contribution in [0, 0.1) is 0 Å². The fourth-order valence-electron chi connectivity index (χ4n) is 1.94. The van der Waals surface area contributed by atoms with E-state index in [0.29, 0.717) is 0 Å². The summed E-state index contributed by atoms with van der Waals surface area (Å²) in [7, 11) is -9.79. The van der Waals surface area contributed by atoms with Crippen molar-refractivity contribution in [1.29, 1.82) is 0 Å². The Balaban J connectivity index is 2.04. The lowest BCUT2D eigenvalue weighted by Gasteiger charge is -2.32. The average Bonchev–Trinajstić information content (AvgIpc) is 2.60. The summed E-state index contributed by atoms with van der Waals surface area (Å²) in [5.41, 5.74) is 0. The van der Waals surface area contributed by atoms with Crippen LogP contribution in [0.2, 0.25) is 0 Å². The van der Waals surface area contributed by atoms with Crippen LogP contribution >= 0.6 is 15.6 Å². The molecule has 2 aliphatic heterocycles. The lowest BCUT2D eigenvalue weighted by Crippen LogP contribution is -2.49. The third-order valence-corrected chi connectivity index (χ3v) is 3.65. The van der Waals surface area contributed by atoms with E-state index in [1.165, 1.54) is 0 Å². The number of rotatable bonds is 5. The van der Waals surface area contributed by atoms with Gasteiger partial charge in [0.2, 0.25) is 12.1 Å². The molecule has 2 aliphatic rings. The standard InChI is InChI=1S/C6H12O12P2/c7-4-3-2(1-15-19(9,10)11)17-6(4,8)5(16-3)18-20(12,13)14/h2-5,7-8H,1H2,(H2,9,10,11)(H2,12,13,14)/t2-,3-,4+,5+,6+/m1/s1. The predicted molar refractivity (Wildman–Crippen MR) is 55.6 cm³/mol. The van der Waals surface area contributed by atoms with Crippen molar-refractivity contribution in [3.63, 3.8) is 0 Å². The van der Waals surface area contributed by atoms with Crippen molar-refractivity contribution in [2.45, 2.75) is 30.4 Å². The van der Waals surface area contributed by atoms with E-state index in [9.17, 15) is 19.3 Å². The Kier molecular flexibility index (Phi) is 4.15. The smallest absolute Gasteiger partial charge is 0.384 e. The van der Waals surface area contributed by atoms with Crippen molar-refractivity contribution in [3.05, 3.63) is 0 Å². The quantitative estimate of drug-likeness (QED) is 0.286. The molecule has 12 nitrogen and oxygen atoms in total. The maximum absolute atomic E-state index is 10.7. The van der Waals surface area contributed by atoms with Crippen LogP contribution in [0.25, 0.3) is 0 Å². The van der Waals surface area contributed by atoms with Crippen molar-refractivity contribution >= 4 is 15.6 Å². The summed E-state index contributed by atoms with van der Waals surface area (Å²) in [5, 5.41) is 19.6. The van der Waals surface area contributed by atoms with E-state index in [0.717, 1.165) is 0 Å². The van der Waals surface area contributed by atoms with E-state index in [2.05, 4.69) is 9.05 Å². The van der Waals surface area contributed by atoms with Gasteiger partial charge in [0.1, 0.15) is 18.3 Å². The van der Waals surface area contributed by atoms with E-state index in [1.807, 2.05) is 0 Å². The zero-order chi connectivity index (χ0) is 15.3. The van der Waals surface area contributed by atoms with Crippen molar-refractivity contribution in [1.82, 2.24) is 0 Å². The van der Waals surface area contributed by atoms with Gasteiger partial charge in [-0.2, -0.15) is 0 Å². The maximum atomic E-state index is 10.7. The fraction of sp³-hybridized carbons (Fsp3) is 1.00. The van der Waals surface area contributed by atoms with Crippen LogP contribution in [0.15, 0.2) is 0 Å². The van der Waals surface area contributed by atoms with E-state index >= 15 is 0 Å². The van der Waals surface area contributed by atoms with Crippen LogP contribution in [0.3, 0.4) is 0 Å². The minimum atomic E-state index is -5.01. The summed E-state index contributed by atoms with van der Waals surface area (Å²) in [4.78, 5) is 34.3. The molecule has 0 aromatic heterocycles. The predicted octanol–water partition coefficient (Wildman–Crippen LogP) is -2.62. The van der Waals surface area contributed by atoms with E-state index in [-0.39, 0.29) is 0 Å². The van der Waals surface area contributed by atoms with Gasteiger partial charge in [-0.05, 0) is 0 Å². The first-order valence-corrected chi connectivity index (χ1v) is 8.16. The summed E-state index contributed by atoms with van der Waals surface area (Å²) >= 11 is 0. The number of aliphatic hydroxyl groups excluding tert-OH is 1. The third kappa shape index (κ3) is 3.28. The zero-order valence-electron chi connectivity index (χ0n) is 9.54. The van der Waals surface area contributed by atoms with Gasteiger partial charge in [0.15, 0.2) is 0 Å². The number of phosphoric acid groups is 2. The summed E-state index contributed by atoms with van der Waals surface area (Å²) in [6.07, 6.45) is -6.26. The molecule has 5 atom stereocenters. The summed E-state index contributed by atoms with van der Waals surface area (Å²) in [6.45, 7) is -0.711. The SMILES string of the molecule is O=P(O)(O)OC[C@H]1O[C@]2(O)[C@H](OP(=O)(O)O)O[C@H]1[C@@H]2O. The molecule has 0 aliphatic carbocycles. The second-order valence-corrected chi connectivity index (χ2v) is 6.60. The molecule has 0 spiro atoms. The molecule has 20 heavy (non-hydrogen) atoms. The highest BCUT2D eigenvalue weighted by Crippen LogP contribution is 2.50. The van der Waals surface area contributed by atoms with E-state index in [4.69, 9.17) is 29.0 Å². The number of aliphatic hydroxyl groups is 2. The van der Waals surface area contributed by atoms with Crippen molar-refractivity contribution < 1.29 is 57.4 Å². The molecule has 2 rings (SSSR count). The van der Waals surface area contributed by atoms with Gasteiger partial charge in [0.25, 0.3) is 0 Å². The summed E-state index contributed by atoms with van der Waals surface area (Å²) < 4.78 is 39.2. The second-order valence-electron chi connectivity index (χ2n) is 4.17. The molecular formula is C6H12O12P2. The first-order chi connectivity index (χ1) is 8.92. The van der Waals surface area contributed by atoms with Gasteiger partial charge in [-0.25, -0.2) is 9.13 Å². The van der Waals surface area contributed by atoms with Gasteiger partial charge >= 0.3 is 15.6 Å². The molecule has 0 unspecified atom stereocenters. The number of fused-ring (bicyclic) bond motifs is 2. The van der Waals surface area contributed by atoms with Crippen LogP contribution in [-0.4, -0.2) is 66.8 Å². The maximum Gasteiger partial charge on any atom is 0.472 e. The molecule has 0 amide bonds. The molecule has 2 fully saturated rings. The lowest BCUT2D eigenvalue weighted by molar-refractivity contribution is -0.332. The zero-order valence-corrected chi connectivity index (χ0v) is 11.3. The Morgan fingerprint density at radius 2 is 1.75 bits per heavy atom. The Bertz CT molecular complexity index is 469. The van der Waals surface area contributed by atoms with E-state index < -0.39 is 52.6 Å². The van der Waals surface area contributed by atoms with Crippen molar-refractivity contribution in [3.8, 4) is 0 Å². The van der Waals surface area contributed by atoms with Crippen LogP contribution in [0.5, 0.6) is 0 Å². The molecule has 0 saturated carbocycles. The second kappa shape index (κ2) is 5.06.